The zero-order chi connectivity index (χ0) is 54.3. The average Bonchev–Trinajstić information content (AvgIpc) is 3.41. The number of esters is 3. The Labute approximate surface area is 467 Å². The molecule has 0 aromatic carbocycles. The molecule has 0 N–H and O–H groups in total. The second kappa shape index (κ2) is 64.2. The van der Waals surface area contributed by atoms with Crippen LogP contribution < -0.4 is 0 Å². The second-order valence-electron chi connectivity index (χ2n) is 22.7. The molecule has 0 saturated carbocycles. The number of rotatable bonds is 62. The molecule has 0 aromatic heterocycles. The summed E-state index contributed by atoms with van der Waals surface area (Å²) in [6, 6.07) is 0. The Morgan fingerprint density at radius 2 is 0.493 bits per heavy atom. The monoisotopic (exact) mass is 1050 g/mol. The van der Waals surface area contributed by atoms with E-state index in [1.54, 1.807) is 0 Å². The smallest absolute Gasteiger partial charge is 0.306 e. The highest BCUT2D eigenvalue weighted by Gasteiger charge is 2.19. The van der Waals surface area contributed by atoms with Crippen molar-refractivity contribution in [3.05, 3.63) is 36.5 Å². The van der Waals surface area contributed by atoms with Crippen molar-refractivity contribution in [3.63, 3.8) is 0 Å². The summed E-state index contributed by atoms with van der Waals surface area (Å²) in [6.07, 6.45) is 78.8. The molecule has 0 radical (unpaired) electrons. The van der Waals surface area contributed by atoms with Crippen molar-refractivity contribution in [2.45, 2.75) is 374 Å². The van der Waals surface area contributed by atoms with Crippen molar-refractivity contribution in [1.82, 2.24) is 0 Å². The lowest BCUT2D eigenvalue weighted by molar-refractivity contribution is -0.167. The summed E-state index contributed by atoms with van der Waals surface area (Å²) < 4.78 is 16.9. The van der Waals surface area contributed by atoms with E-state index in [4.69, 9.17) is 14.2 Å². The van der Waals surface area contributed by atoms with Crippen LogP contribution in [0.3, 0.4) is 0 Å². The van der Waals surface area contributed by atoms with Crippen molar-refractivity contribution >= 4 is 17.9 Å². The van der Waals surface area contributed by atoms with E-state index in [9.17, 15) is 14.4 Å². The highest BCUT2D eigenvalue weighted by atomic mass is 16.6. The Kier molecular flexibility index (Phi) is 62.1. The Balaban J connectivity index is 4.20. The summed E-state index contributed by atoms with van der Waals surface area (Å²) in [5.41, 5.74) is 0. The number of allylic oxidation sites excluding steroid dienone is 6. The highest BCUT2D eigenvalue weighted by molar-refractivity contribution is 5.71. The van der Waals surface area contributed by atoms with Crippen LogP contribution in [0.25, 0.3) is 0 Å². The van der Waals surface area contributed by atoms with Crippen LogP contribution in [0.4, 0.5) is 0 Å². The summed E-state index contributed by atoms with van der Waals surface area (Å²) in [5.74, 6) is -0.856. The van der Waals surface area contributed by atoms with Gasteiger partial charge in [-0.25, -0.2) is 0 Å². The molecule has 0 rings (SSSR count). The Morgan fingerprint density at radius 1 is 0.267 bits per heavy atom. The van der Waals surface area contributed by atoms with Gasteiger partial charge < -0.3 is 14.2 Å². The van der Waals surface area contributed by atoms with Crippen LogP contribution in [0.1, 0.15) is 367 Å². The fourth-order valence-corrected chi connectivity index (χ4v) is 10.0. The molecule has 0 aliphatic carbocycles. The van der Waals surface area contributed by atoms with Crippen LogP contribution in [0, 0.1) is 0 Å². The van der Waals surface area contributed by atoms with Gasteiger partial charge in [-0.3, -0.25) is 14.4 Å². The molecule has 6 nitrogen and oxygen atoms in total. The third-order valence-electron chi connectivity index (χ3n) is 15.1. The van der Waals surface area contributed by atoms with Gasteiger partial charge in [0, 0.05) is 19.3 Å². The molecule has 440 valence electrons. The number of hydrogen-bond donors (Lipinski definition) is 0. The van der Waals surface area contributed by atoms with Gasteiger partial charge in [0.2, 0.25) is 0 Å². The summed E-state index contributed by atoms with van der Waals surface area (Å²) >= 11 is 0. The molecule has 0 heterocycles. The lowest BCUT2D eigenvalue weighted by Crippen LogP contribution is -2.30. The van der Waals surface area contributed by atoms with E-state index >= 15 is 0 Å². The third-order valence-corrected chi connectivity index (χ3v) is 15.1. The van der Waals surface area contributed by atoms with Gasteiger partial charge in [-0.05, 0) is 70.6 Å². The van der Waals surface area contributed by atoms with Gasteiger partial charge in [-0.1, -0.05) is 314 Å². The molecule has 0 saturated heterocycles. The van der Waals surface area contributed by atoms with Gasteiger partial charge in [0.05, 0.1) is 0 Å². The van der Waals surface area contributed by atoms with Crippen LogP contribution >= 0.6 is 0 Å². The Morgan fingerprint density at radius 3 is 0.787 bits per heavy atom. The van der Waals surface area contributed by atoms with Crippen LogP contribution in [-0.4, -0.2) is 37.2 Å². The van der Waals surface area contributed by atoms with Crippen LogP contribution in [-0.2, 0) is 28.6 Å². The molecule has 0 aromatic rings. The van der Waals surface area contributed by atoms with Gasteiger partial charge >= 0.3 is 17.9 Å². The summed E-state index contributed by atoms with van der Waals surface area (Å²) in [6.45, 7) is 6.65. The van der Waals surface area contributed by atoms with Gasteiger partial charge in [0.15, 0.2) is 6.10 Å². The van der Waals surface area contributed by atoms with Crippen molar-refractivity contribution in [1.29, 1.82) is 0 Å². The maximum atomic E-state index is 12.9. The van der Waals surface area contributed by atoms with Crippen molar-refractivity contribution in [2.24, 2.45) is 0 Å². The lowest BCUT2D eigenvalue weighted by atomic mass is 10.0. The molecule has 0 bridgehead atoms. The summed E-state index contributed by atoms with van der Waals surface area (Å²) in [7, 11) is 0. The highest BCUT2D eigenvalue weighted by Crippen LogP contribution is 2.18. The molecule has 1 unspecified atom stereocenters. The van der Waals surface area contributed by atoms with E-state index in [2.05, 4.69) is 57.2 Å². The van der Waals surface area contributed by atoms with Crippen LogP contribution in [0.5, 0.6) is 0 Å². The molecule has 0 spiro atoms. The summed E-state index contributed by atoms with van der Waals surface area (Å²) in [4.78, 5) is 38.3. The number of hydrogen-bond acceptors (Lipinski definition) is 6. The number of ether oxygens (including phenoxy) is 3. The van der Waals surface area contributed by atoms with Gasteiger partial charge in [-0.2, -0.15) is 0 Å². The number of carbonyl (C=O) groups excluding carboxylic acids is 3. The zero-order valence-corrected chi connectivity index (χ0v) is 50.6. The predicted molar refractivity (Wildman–Crippen MR) is 326 cm³/mol. The van der Waals surface area contributed by atoms with Gasteiger partial charge in [0.25, 0.3) is 0 Å². The molecule has 1 atom stereocenters. The fraction of sp³-hybridized carbons (Fsp3) is 0.870. The standard InChI is InChI=1S/C69H128O6/c1-4-7-10-13-16-19-22-24-26-28-30-32-33-34-35-37-38-40-42-44-47-50-53-56-59-62-68(71)74-65-66(64-73-67(70)61-58-55-52-49-46-21-18-15-12-9-6-3)75-69(72)63-60-57-54-51-48-45-43-41-39-36-31-29-27-25-23-20-17-14-11-8-5-2/h15,18,22,24,28,30,66H,4-14,16-17,19-21,23,25-27,29,31-65H2,1-3H3/b18-15-,24-22-,30-28-. The van der Waals surface area contributed by atoms with E-state index in [-0.39, 0.29) is 31.1 Å². The molecule has 75 heavy (non-hydrogen) atoms. The maximum absolute atomic E-state index is 12.9. The topological polar surface area (TPSA) is 78.9 Å². The van der Waals surface area contributed by atoms with E-state index < -0.39 is 6.10 Å². The molecule has 0 fully saturated rings. The lowest BCUT2D eigenvalue weighted by Gasteiger charge is -2.18. The van der Waals surface area contributed by atoms with Gasteiger partial charge in [-0.15, -0.1) is 0 Å². The third kappa shape index (κ3) is 62.4. The number of carbonyl (C=O) groups is 3. The van der Waals surface area contributed by atoms with E-state index in [0.717, 1.165) is 70.6 Å². The van der Waals surface area contributed by atoms with Crippen LogP contribution in [0.2, 0.25) is 0 Å². The predicted octanol–water partition coefficient (Wildman–Crippen LogP) is 22.8. The number of unbranched alkanes of at least 4 members (excludes halogenated alkanes) is 45. The zero-order valence-electron chi connectivity index (χ0n) is 50.6. The molecule has 0 aliphatic heterocycles. The first kappa shape index (κ1) is 72.6. The van der Waals surface area contributed by atoms with E-state index in [0.29, 0.717) is 19.3 Å². The largest absolute Gasteiger partial charge is 0.462 e. The Bertz CT molecular complexity index is 1250. The normalized spacial score (nSPS) is 12.2. The van der Waals surface area contributed by atoms with E-state index in [1.807, 2.05) is 0 Å². The average molecular weight is 1050 g/mol. The summed E-state index contributed by atoms with van der Waals surface area (Å²) in [5, 5.41) is 0. The SMILES string of the molecule is CCCC/C=C\CCCCCCCC(=O)OCC(COC(=O)CCCCCCCCCCCCCCC/C=C\C/C=C\CCCCCCC)OC(=O)CCCCCCCCCCCCCCCCCCCCCCC. The molecular weight excluding hydrogens is 925 g/mol. The minimum atomic E-state index is -0.773. The minimum Gasteiger partial charge on any atom is -0.462 e. The van der Waals surface area contributed by atoms with Crippen molar-refractivity contribution in [3.8, 4) is 0 Å². The first-order valence-electron chi connectivity index (χ1n) is 33.5. The first-order valence-corrected chi connectivity index (χ1v) is 33.5. The van der Waals surface area contributed by atoms with E-state index in [1.165, 1.54) is 257 Å². The molecule has 0 amide bonds. The minimum absolute atomic E-state index is 0.0706. The molecular formula is C69H128O6. The first-order chi connectivity index (χ1) is 37.0. The Hall–Kier alpha value is -2.37. The fourth-order valence-electron chi connectivity index (χ4n) is 10.0. The van der Waals surface area contributed by atoms with Crippen molar-refractivity contribution < 1.29 is 28.6 Å². The second-order valence-corrected chi connectivity index (χ2v) is 22.7. The maximum Gasteiger partial charge on any atom is 0.306 e. The molecule has 6 heteroatoms. The van der Waals surface area contributed by atoms with Gasteiger partial charge in [0.1, 0.15) is 13.2 Å². The molecule has 0 aliphatic rings. The van der Waals surface area contributed by atoms with Crippen molar-refractivity contribution in [2.75, 3.05) is 13.2 Å². The van der Waals surface area contributed by atoms with Crippen LogP contribution in [0.15, 0.2) is 36.5 Å². The quantitative estimate of drug-likeness (QED) is 0.0261.